The fourth-order valence-corrected chi connectivity index (χ4v) is 6.09. The van der Waals surface area contributed by atoms with Gasteiger partial charge >= 0.3 is 0 Å². The highest BCUT2D eigenvalue weighted by molar-refractivity contribution is 7.15. The number of halogens is 1. The molecule has 8 nitrogen and oxygen atoms in total. The van der Waals surface area contributed by atoms with Gasteiger partial charge < -0.3 is 9.47 Å². The van der Waals surface area contributed by atoms with Crippen LogP contribution in [0, 0.1) is 5.82 Å². The third kappa shape index (κ3) is 7.34. The van der Waals surface area contributed by atoms with Gasteiger partial charge in [-0.1, -0.05) is 91.4 Å². The summed E-state index contributed by atoms with van der Waals surface area (Å²) in [7, 11) is 0. The van der Waals surface area contributed by atoms with Gasteiger partial charge in [-0.3, -0.25) is 4.79 Å². The van der Waals surface area contributed by atoms with Gasteiger partial charge in [0.2, 0.25) is 4.96 Å². The van der Waals surface area contributed by atoms with Crippen LogP contribution in [-0.4, -0.2) is 31.0 Å². The van der Waals surface area contributed by atoms with Crippen LogP contribution >= 0.6 is 11.3 Å². The molecule has 0 atom stereocenters. The minimum absolute atomic E-state index is 0.0899. The molecule has 0 radical (unpaired) electrons. The summed E-state index contributed by atoms with van der Waals surface area (Å²) in [6.45, 7) is 2.93. The summed E-state index contributed by atoms with van der Waals surface area (Å²) < 4.78 is 29.5. The molecule has 0 amide bonds. The van der Waals surface area contributed by atoms with Gasteiger partial charge in [-0.25, -0.2) is 9.07 Å². The van der Waals surface area contributed by atoms with Gasteiger partial charge in [0.05, 0.1) is 16.8 Å². The molecule has 0 saturated heterocycles. The second-order valence-corrected chi connectivity index (χ2v) is 12.3. The van der Waals surface area contributed by atoms with E-state index in [4.69, 9.17) is 14.6 Å². The number of thiazole rings is 1. The summed E-state index contributed by atoms with van der Waals surface area (Å²) in [5, 5.41) is 9.36. The van der Waals surface area contributed by atoms with E-state index in [0.717, 1.165) is 41.0 Å². The van der Waals surface area contributed by atoms with Crippen molar-refractivity contribution in [3.8, 4) is 28.4 Å². The normalized spacial score (nSPS) is 11.9. The van der Waals surface area contributed by atoms with E-state index in [1.165, 1.54) is 21.9 Å². The summed E-state index contributed by atoms with van der Waals surface area (Å²) in [5.74, 6) is 1.54. The van der Waals surface area contributed by atoms with Crippen LogP contribution in [0.5, 0.6) is 11.5 Å². The Bertz CT molecular complexity index is 2350. The maximum Gasteiger partial charge on any atom is 0.291 e. The molecule has 49 heavy (non-hydrogen) atoms. The summed E-state index contributed by atoms with van der Waals surface area (Å²) >= 11 is 1.27. The third-order valence-electron chi connectivity index (χ3n) is 7.78. The molecular formula is C39H32FN5O3S. The first kappa shape index (κ1) is 31.7. The lowest BCUT2D eigenvalue weighted by atomic mass is 10.1. The van der Waals surface area contributed by atoms with Crippen molar-refractivity contribution in [1.29, 1.82) is 0 Å². The fraction of sp³-hybridized carbons (Fsp3) is 0.128. The first-order valence-corrected chi connectivity index (χ1v) is 16.8. The Labute approximate surface area is 286 Å². The minimum Gasteiger partial charge on any atom is -0.494 e. The van der Waals surface area contributed by atoms with Crippen molar-refractivity contribution in [3.63, 3.8) is 0 Å². The molecule has 0 saturated carbocycles. The molecule has 7 aromatic rings. The number of nitrogens with zero attached hydrogens (tertiary/aromatic N) is 5. The van der Waals surface area contributed by atoms with Crippen molar-refractivity contribution < 1.29 is 13.9 Å². The first-order valence-electron chi connectivity index (χ1n) is 16.0. The number of unbranched alkanes of at least 4 members (excludes halogenated alkanes) is 1. The number of fused-ring (bicyclic) bond motifs is 1. The molecule has 0 fully saturated rings. The maximum absolute atomic E-state index is 14.2. The Morgan fingerprint density at radius 1 is 0.857 bits per heavy atom. The molecule has 3 heterocycles. The standard InChI is InChI=1S/C39H32FN5O3S/c1-2-3-22-47-32-19-16-27(17-20-32)18-21-36-41-39-45(42-36)38(46)35(49-39)24-30-25-44(31-12-5-4-6-13-31)43-37(30)28-11-9-14-33(23-28)48-26-29-10-7-8-15-34(29)40/h4-21,23-25H,2-3,22,26H2,1H3/b21-18+,35-24-. The van der Waals surface area contributed by atoms with E-state index < -0.39 is 0 Å². The number of hydrogen-bond donors (Lipinski definition) is 0. The van der Waals surface area contributed by atoms with E-state index in [1.807, 2.05) is 97.2 Å². The van der Waals surface area contributed by atoms with Gasteiger partial charge in [0.15, 0.2) is 5.82 Å². The molecule has 0 spiro atoms. The van der Waals surface area contributed by atoms with E-state index in [0.29, 0.717) is 38.9 Å². The topological polar surface area (TPSA) is 83.5 Å². The number of ether oxygens (including phenoxy) is 2. The largest absolute Gasteiger partial charge is 0.494 e. The van der Waals surface area contributed by atoms with Crippen LogP contribution in [0.4, 0.5) is 4.39 Å². The predicted molar refractivity (Wildman–Crippen MR) is 191 cm³/mol. The van der Waals surface area contributed by atoms with Gasteiger partial charge in [0.25, 0.3) is 5.56 Å². The minimum atomic E-state index is -0.316. The molecule has 7 rings (SSSR count). The Kier molecular flexibility index (Phi) is 9.38. The SMILES string of the molecule is CCCCOc1ccc(/C=C/c2nc3s/c(=C\c4cn(-c5ccccc5)nc4-c4cccc(OCc5ccccc5F)c4)c(=O)n3n2)cc1. The van der Waals surface area contributed by atoms with Crippen molar-refractivity contribution in [3.05, 3.63) is 153 Å². The quantitative estimate of drug-likeness (QED) is 0.125. The van der Waals surface area contributed by atoms with E-state index in [1.54, 1.807) is 29.0 Å². The molecule has 10 heteroatoms. The molecule has 0 N–H and O–H groups in total. The monoisotopic (exact) mass is 669 g/mol. The zero-order valence-corrected chi connectivity index (χ0v) is 27.5. The van der Waals surface area contributed by atoms with Crippen LogP contribution in [0.2, 0.25) is 0 Å². The van der Waals surface area contributed by atoms with Crippen molar-refractivity contribution in [2.24, 2.45) is 0 Å². The van der Waals surface area contributed by atoms with E-state index >= 15 is 0 Å². The summed E-state index contributed by atoms with van der Waals surface area (Å²) in [5.41, 5.74) is 4.23. The molecule has 0 aliphatic rings. The van der Waals surface area contributed by atoms with Crippen molar-refractivity contribution in [2.45, 2.75) is 26.4 Å². The Morgan fingerprint density at radius 3 is 2.47 bits per heavy atom. The smallest absolute Gasteiger partial charge is 0.291 e. The van der Waals surface area contributed by atoms with Crippen LogP contribution in [0.3, 0.4) is 0 Å². The highest BCUT2D eigenvalue weighted by Gasteiger charge is 2.15. The number of rotatable bonds is 12. The zero-order valence-electron chi connectivity index (χ0n) is 26.7. The highest BCUT2D eigenvalue weighted by atomic mass is 32.1. The Hall–Kier alpha value is -5.87. The molecular weight excluding hydrogens is 638 g/mol. The second-order valence-electron chi connectivity index (χ2n) is 11.3. The zero-order chi connectivity index (χ0) is 33.6. The van der Waals surface area contributed by atoms with Crippen molar-refractivity contribution in [1.82, 2.24) is 24.4 Å². The van der Waals surface area contributed by atoms with Crippen molar-refractivity contribution >= 4 is 34.5 Å². The summed E-state index contributed by atoms with van der Waals surface area (Å²) in [4.78, 5) is 18.6. The number of para-hydroxylation sites is 1. The lowest BCUT2D eigenvalue weighted by Crippen LogP contribution is -2.23. The Morgan fingerprint density at radius 2 is 1.67 bits per heavy atom. The number of benzene rings is 4. The van der Waals surface area contributed by atoms with E-state index in [2.05, 4.69) is 17.0 Å². The number of hydrogen-bond acceptors (Lipinski definition) is 7. The summed E-state index contributed by atoms with van der Waals surface area (Å²) in [6.07, 6.45) is 9.52. The second kappa shape index (κ2) is 14.5. The average Bonchev–Trinajstić information content (AvgIpc) is 3.82. The van der Waals surface area contributed by atoms with Gasteiger partial charge in [-0.2, -0.15) is 14.6 Å². The fourth-order valence-electron chi connectivity index (χ4n) is 5.18. The van der Waals surface area contributed by atoms with E-state index in [9.17, 15) is 9.18 Å². The molecule has 0 aliphatic heterocycles. The predicted octanol–water partition coefficient (Wildman–Crippen LogP) is 7.62. The lowest BCUT2D eigenvalue weighted by Gasteiger charge is -2.08. The highest BCUT2D eigenvalue weighted by Crippen LogP contribution is 2.28. The first-order chi connectivity index (χ1) is 24.0. The summed E-state index contributed by atoms with van der Waals surface area (Å²) in [6, 6.07) is 31.6. The van der Waals surface area contributed by atoms with Gasteiger partial charge in [0.1, 0.15) is 29.6 Å². The molecule has 0 bridgehead atoms. The van der Waals surface area contributed by atoms with Crippen LogP contribution in [-0.2, 0) is 6.61 Å². The third-order valence-corrected chi connectivity index (χ3v) is 8.74. The molecule has 0 unspecified atom stereocenters. The average molecular weight is 670 g/mol. The van der Waals surface area contributed by atoms with Crippen LogP contribution in [0.15, 0.2) is 114 Å². The maximum atomic E-state index is 14.2. The van der Waals surface area contributed by atoms with Gasteiger partial charge in [0, 0.05) is 22.9 Å². The van der Waals surface area contributed by atoms with Gasteiger partial charge in [-0.15, -0.1) is 5.10 Å². The number of aromatic nitrogens is 5. The van der Waals surface area contributed by atoms with Gasteiger partial charge in [-0.05, 0) is 66.6 Å². The van der Waals surface area contributed by atoms with Crippen LogP contribution in [0.25, 0.3) is 40.1 Å². The molecule has 244 valence electrons. The molecule has 4 aromatic carbocycles. The van der Waals surface area contributed by atoms with Crippen LogP contribution < -0.4 is 19.6 Å². The van der Waals surface area contributed by atoms with Crippen LogP contribution in [0.1, 0.15) is 42.3 Å². The molecule has 3 aromatic heterocycles. The lowest BCUT2D eigenvalue weighted by molar-refractivity contribution is 0.300. The van der Waals surface area contributed by atoms with Crippen molar-refractivity contribution in [2.75, 3.05) is 6.61 Å². The van der Waals surface area contributed by atoms with E-state index in [-0.39, 0.29) is 18.0 Å². The molecule has 0 aliphatic carbocycles. The Balaban J connectivity index is 1.17.